The SMILES string of the molecule is CCOC(=O)Cn1ccncc1=O. The normalized spacial score (nSPS) is 9.62. The maximum Gasteiger partial charge on any atom is 0.326 e. The molecule has 13 heavy (non-hydrogen) atoms. The number of rotatable bonds is 3. The summed E-state index contributed by atoms with van der Waals surface area (Å²) in [6.07, 6.45) is 4.04. The van der Waals surface area contributed by atoms with Crippen molar-refractivity contribution in [3.05, 3.63) is 28.9 Å². The highest BCUT2D eigenvalue weighted by Gasteiger charge is 2.03. The summed E-state index contributed by atoms with van der Waals surface area (Å²) in [5.74, 6) is -0.421. The molecular weight excluding hydrogens is 172 g/mol. The fourth-order valence-corrected chi connectivity index (χ4v) is 0.850. The van der Waals surface area contributed by atoms with Gasteiger partial charge in [0.05, 0.1) is 12.8 Å². The highest BCUT2D eigenvalue weighted by Crippen LogP contribution is 1.83. The summed E-state index contributed by atoms with van der Waals surface area (Å²) in [6, 6.07) is 0. The second kappa shape index (κ2) is 4.39. The Morgan fingerprint density at radius 3 is 3.08 bits per heavy atom. The molecular formula is C8H10N2O3. The third-order valence-corrected chi connectivity index (χ3v) is 1.41. The van der Waals surface area contributed by atoms with Gasteiger partial charge in [-0.15, -0.1) is 0 Å². The van der Waals surface area contributed by atoms with Crippen molar-refractivity contribution in [3.8, 4) is 0 Å². The van der Waals surface area contributed by atoms with Gasteiger partial charge in [-0.1, -0.05) is 0 Å². The van der Waals surface area contributed by atoms with Crippen LogP contribution in [0.1, 0.15) is 6.92 Å². The molecule has 0 radical (unpaired) electrons. The van der Waals surface area contributed by atoms with E-state index < -0.39 is 5.97 Å². The first-order chi connectivity index (χ1) is 6.24. The maximum absolute atomic E-state index is 11.1. The summed E-state index contributed by atoms with van der Waals surface area (Å²) < 4.78 is 5.92. The Bertz CT molecular complexity index is 345. The van der Waals surface area contributed by atoms with Crippen LogP contribution in [0.15, 0.2) is 23.4 Å². The Balaban J connectivity index is 2.69. The van der Waals surface area contributed by atoms with Crippen molar-refractivity contribution in [1.29, 1.82) is 0 Å². The molecule has 0 N–H and O–H groups in total. The Morgan fingerprint density at radius 1 is 1.69 bits per heavy atom. The second-order valence-corrected chi connectivity index (χ2v) is 2.35. The number of hydrogen-bond acceptors (Lipinski definition) is 4. The molecule has 0 saturated carbocycles. The zero-order valence-corrected chi connectivity index (χ0v) is 7.27. The molecule has 1 rings (SSSR count). The fourth-order valence-electron chi connectivity index (χ4n) is 0.850. The quantitative estimate of drug-likeness (QED) is 0.608. The van der Waals surface area contributed by atoms with E-state index in [1.54, 1.807) is 6.92 Å². The van der Waals surface area contributed by atoms with Gasteiger partial charge in [0.15, 0.2) is 0 Å². The average Bonchev–Trinajstić information content (AvgIpc) is 2.09. The summed E-state index contributed by atoms with van der Waals surface area (Å²) >= 11 is 0. The smallest absolute Gasteiger partial charge is 0.326 e. The number of nitrogens with zero attached hydrogens (tertiary/aromatic N) is 2. The van der Waals surface area contributed by atoms with Gasteiger partial charge in [0, 0.05) is 12.4 Å². The molecule has 1 aromatic heterocycles. The van der Waals surface area contributed by atoms with E-state index in [2.05, 4.69) is 9.72 Å². The van der Waals surface area contributed by atoms with Crippen molar-refractivity contribution in [2.24, 2.45) is 0 Å². The van der Waals surface area contributed by atoms with Crippen LogP contribution in [0.4, 0.5) is 0 Å². The molecule has 0 aliphatic heterocycles. The van der Waals surface area contributed by atoms with Crippen LogP contribution >= 0.6 is 0 Å². The van der Waals surface area contributed by atoms with Gasteiger partial charge in [0.2, 0.25) is 0 Å². The summed E-state index contributed by atoms with van der Waals surface area (Å²) in [4.78, 5) is 25.6. The standard InChI is InChI=1S/C8H10N2O3/c1-2-13-8(12)6-10-4-3-9-5-7(10)11/h3-5H,2,6H2,1H3. The van der Waals surface area contributed by atoms with Crippen LogP contribution in [-0.4, -0.2) is 22.1 Å². The number of esters is 1. The molecule has 0 aliphatic rings. The average molecular weight is 182 g/mol. The van der Waals surface area contributed by atoms with Crippen LogP contribution in [0, 0.1) is 0 Å². The van der Waals surface area contributed by atoms with Crippen LogP contribution in [0.3, 0.4) is 0 Å². The maximum atomic E-state index is 11.1. The molecule has 0 amide bonds. The van der Waals surface area contributed by atoms with Crippen molar-refractivity contribution in [2.75, 3.05) is 6.61 Å². The lowest BCUT2D eigenvalue weighted by atomic mass is 10.6. The Labute approximate surface area is 75.0 Å². The van der Waals surface area contributed by atoms with Gasteiger partial charge in [-0.2, -0.15) is 0 Å². The van der Waals surface area contributed by atoms with Crippen molar-refractivity contribution in [3.63, 3.8) is 0 Å². The Hall–Kier alpha value is -1.65. The van der Waals surface area contributed by atoms with Gasteiger partial charge in [-0.05, 0) is 6.92 Å². The highest BCUT2D eigenvalue weighted by atomic mass is 16.5. The van der Waals surface area contributed by atoms with Crippen LogP contribution < -0.4 is 5.56 Å². The minimum atomic E-state index is -0.421. The van der Waals surface area contributed by atoms with Gasteiger partial charge in [0.25, 0.3) is 5.56 Å². The molecule has 5 heteroatoms. The second-order valence-electron chi connectivity index (χ2n) is 2.35. The zero-order chi connectivity index (χ0) is 9.68. The first-order valence-electron chi connectivity index (χ1n) is 3.90. The summed E-state index contributed by atoms with van der Waals surface area (Å²) in [5, 5.41) is 0. The molecule has 0 aromatic carbocycles. The van der Waals surface area contributed by atoms with Crippen LogP contribution in [0.2, 0.25) is 0 Å². The predicted octanol–water partition coefficient (Wildman–Crippen LogP) is -0.194. The molecule has 70 valence electrons. The summed E-state index contributed by atoms with van der Waals surface area (Å²) in [7, 11) is 0. The monoisotopic (exact) mass is 182 g/mol. The number of aromatic nitrogens is 2. The highest BCUT2D eigenvalue weighted by molar-refractivity contribution is 5.69. The first kappa shape index (κ1) is 9.44. The van der Waals surface area contributed by atoms with Gasteiger partial charge in [0.1, 0.15) is 6.54 Å². The Kier molecular flexibility index (Phi) is 3.19. The van der Waals surface area contributed by atoms with Gasteiger partial charge in [-0.25, -0.2) is 0 Å². The minimum Gasteiger partial charge on any atom is -0.465 e. The van der Waals surface area contributed by atoms with E-state index in [0.29, 0.717) is 6.61 Å². The molecule has 0 aliphatic carbocycles. The van der Waals surface area contributed by atoms with Crippen molar-refractivity contribution in [1.82, 2.24) is 9.55 Å². The van der Waals surface area contributed by atoms with E-state index in [1.807, 2.05) is 0 Å². The van der Waals surface area contributed by atoms with E-state index in [0.717, 1.165) is 6.20 Å². The number of hydrogen-bond donors (Lipinski definition) is 0. The molecule has 0 unspecified atom stereocenters. The molecule has 0 saturated heterocycles. The minimum absolute atomic E-state index is 0.0603. The fraction of sp³-hybridized carbons (Fsp3) is 0.375. The third-order valence-electron chi connectivity index (χ3n) is 1.41. The molecule has 0 spiro atoms. The number of carbonyl (C=O) groups excluding carboxylic acids is 1. The van der Waals surface area contributed by atoms with E-state index in [1.165, 1.54) is 17.0 Å². The molecule has 1 heterocycles. The third kappa shape index (κ3) is 2.70. The molecule has 5 nitrogen and oxygen atoms in total. The molecule has 0 bridgehead atoms. The summed E-state index contributed by atoms with van der Waals surface area (Å²) in [6.45, 7) is 1.97. The van der Waals surface area contributed by atoms with Gasteiger partial charge < -0.3 is 9.30 Å². The summed E-state index contributed by atoms with van der Waals surface area (Å²) in [5.41, 5.74) is -0.310. The van der Waals surface area contributed by atoms with Gasteiger partial charge in [-0.3, -0.25) is 14.6 Å². The van der Waals surface area contributed by atoms with E-state index in [-0.39, 0.29) is 12.1 Å². The van der Waals surface area contributed by atoms with Crippen LogP contribution in [0.5, 0.6) is 0 Å². The van der Waals surface area contributed by atoms with Crippen molar-refractivity contribution < 1.29 is 9.53 Å². The number of carbonyl (C=O) groups is 1. The van der Waals surface area contributed by atoms with Crippen LogP contribution in [-0.2, 0) is 16.1 Å². The van der Waals surface area contributed by atoms with Gasteiger partial charge >= 0.3 is 5.97 Å². The van der Waals surface area contributed by atoms with E-state index in [9.17, 15) is 9.59 Å². The zero-order valence-electron chi connectivity index (χ0n) is 7.27. The van der Waals surface area contributed by atoms with Crippen molar-refractivity contribution in [2.45, 2.75) is 13.5 Å². The lowest BCUT2D eigenvalue weighted by Gasteiger charge is -2.03. The van der Waals surface area contributed by atoms with E-state index >= 15 is 0 Å². The largest absolute Gasteiger partial charge is 0.465 e. The van der Waals surface area contributed by atoms with E-state index in [4.69, 9.17) is 0 Å². The molecule has 1 aromatic rings. The Morgan fingerprint density at radius 2 is 2.46 bits per heavy atom. The molecule has 0 atom stereocenters. The predicted molar refractivity (Wildman–Crippen MR) is 45.1 cm³/mol. The van der Waals surface area contributed by atoms with Crippen molar-refractivity contribution >= 4 is 5.97 Å². The molecule has 0 fully saturated rings. The number of ether oxygens (including phenoxy) is 1. The lowest BCUT2D eigenvalue weighted by molar-refractivity contribution is -0.143. The van der Waals surface area contributed by atoms with Crippen LogP contribution in [0.25, 0.3) is 0 Å². The lowest BCUT2D eigenvalue weighted by Crippen LogP contribution is -2.24. The first-order valence-corrected chi connectivity index (χ1v) is 3.90. The topological polar surface area (TPSA) is 61.2 Å².